The van der Waals surface area contributed by atoms with Crippen molar-refractivity contribution in [1.82, 2.24) is 14.5 Å². The molecule has 0 saturated carbocycles. The first-order valence-electron chi connectivity index (χ1n) is 10.1. The number of hydrogen-bond acceptors (Lipinski definition) is 5. The fraction of sp³-hybridized carbons (Fsp3) is 0.318. The van der Waals surface area contributed by atoms with Crippen molar-refractivity contribution in [1.29, 1.82) is 0 Å². The van der Waals surface area contributed by atoms with Crippen LogP contribution in [0.3, 0.4) is 0 Å². The molecule has 0 saturated heterocycles. The fourth-order valence-corrected chi connectivity index (χ4v) is 5.48. The number of hydrogen-bond donors (Lipinski definition) is 1. The van der Waals surface area contributed by atoms with E-state index in [9.17, 15) is 22.8 Å². The van der Waals surface area contributed by atoms with Gasteiger partial charge in [-0.15, -0.1) is 0 Å². The van der Waals surface area contributed by atoms with Crippen LogP contribution in [0.5, 0.6) is 0 Å². The van der Waals surface area contributed by atoms with E-state index >= 15 is 0 Å². The van der Waals surface area contributed by atoms with E-state index in [4.69, 9.17) is 23.2 Å². The standard InChI is InChI=1S/C22H23Cl2N3O5S/c1-13(2)25-21(29)14(3)26(11-16-17(23)8-6-9-18(16)24)20(28)12-27-22(30)15-7-4-5-10-19(15)33(27,31)32/h4-10,13-14H,11-12H2,1-3H3,(H,25,29). The zero-order chi connectivity index (χ0) is 24.5. The minimum absolute atomic E-state index is 0.00315. The summed E-state index contributed by atoms with van der Waals surface area (Å²) >= 11 is 12.5. The van der Waals surface area contributed by atoms with E-state index in [1.165, 1.54) is 25.1 Å². The molecule has 2 aromatic carbocycles. The van der Waals surface area contributed by atoms with Crippen molar-refractivity contribution in [2.45, 2.75) is 44.3 Å². The summed E-state index contributed by atoms with van der Waals surface area (Å²) < 4.78 is 26.3. The van der Waals surface area contributed by atoms with Crippen LogP contribution in [-0.4, -0.2) is 54.0 Å². The van der Waals surface area contributed by atoms with E-state index in [1.807, 2.05) is 0 Å². The fourth-order valence-electron chi connectivity index (χ4n) is 3.44. The maximum absolute atomic E-state index is 13.3. The number of nitrogens with zero attached hydrogens (tertiary/aromatic N) is 2. The van der Waals surface area contributed by atoms with Gasteiger partial charge in [0, 0.05) is 28.2 Å². The van der Waals surface area contributed by atoms with Gasteiger partial charge < -0.3 is 10.2 Å². The molecule has 176 valence electrons. The summed E-state index contributed by atoms with van der Waals surface area (Å²) in [5.74, 6) is -1.99. The van der Waals surface area contributed by atoms with Crippen LogP contribution in [0.25, 0.3) is 0 Å². The quantitative estimate of drug-likeness (QED) is 0.614. The van der Waals surface area contributed by atoms with Crippen molar-refractivity contribution in [2.24, 2.45) is 0 Å². The molecule has 1 unspecified atom stereocenters. The van der Waals surface area contributed by atoms with E-state index in [0.29, 0.717) is 9.87 Å². The topological polar surface area (TPSA) is 104 Å². The van der Waals surface area contributed by atoms with Gasteiger partial charge in [0.1, 0.15) is 17.5 Å². The van der Waals surface area contributed by atoms with Crippen LogP contribution >= 0.6 is 23.2 Å². The van der Waals surface area contributed by atoms with E-state index in [0.717, 1.165) is 4.90 Å². The van der Waals surface area contributed by atoms with Crippen molar-refractivity contribution in [3.05, 3.63) is 63.6 Å². The van der Waals surface area contributed by atoms with Gasteiger partial charge in [-0.1, -0.05) is 41.4 Å². The molecule has 33 heavy (non-hydrogen) atoms. The highest BCUT2D eigenvalue weighted by molar-refractivity contribution is 7.90. The maximum atomic E-state index is 13.3. The molecular weight excluding hydrogens is 489 g/mol. The third-order valence-corrected chi connectivity index (χ3v) is 7.67. The van der Waals surface area contributed by atoms with Gasteiger partial charge in [-0.2, -0.15) is 0 Å². The number of sulfonamides is 1. The van der Waals surface area contributed by atoms with Crippen LogP contribution in [0.2, 0.25) is 10.0 Å². The van der Waals surface area contributed by atoms with Gasteiger partial charge in [-0.05, 0) is 45.0 Å². The molecule has 0 radical (unpaired) electrons. The molecule has 0 bridgehead atoms. The smallest absolute Gasteiger partial charge is 0.269 e. The molecule has 1 heterocycles. The van der Waals surface area contributed by atoms with Gasteiger partial charge in [0.05, 0.1) is 5.56 Å². The number of halogens is 2. The summed E-state index contributed by atoms with van der Waals surface area (Å²) in [5.41, 5.74) is 0.397. The predicted octanol–water partition coefficient (Wildman–Crippen LogP) is 3.08. The molecule has 1 N–H and O–H groups in total. The second-order valence-corrected chi connectivity index (χ2v) is 10.5. The normalized spacial score (nSPS) is 15.3. The van der Waals surface area contributed by atoms with Gasteiger partial charge in [-0.25, -0.2) is 12.7 Å². The lowest BCUT2D eigenvalue weighted by Crippen LogP contribution is -2.52. The molecule has 0 aliphatic carbocycles. The highest BCUT2D eigenvalue weighted by atomic mass is 35.5. The Bertz CT molecular complexity index is 1200. The summed E-state index contributed by atoms with van der Waals surface area (Å²) in [5, 5.41) is 3.30. The lowest BCUT2D eigenvalue weighted by Gasteiger charge is -2.31. The molecule has 1 aliphatic rings. The average molecular weight is 512 g/mol. The lowest BCUT2D eigenvalue weighted by atomic mass is 10.1. The largest absolute Gasteiger partial charge is 0.352 e. The number of carbonyl (C=O) groups excluding carboxylic acids is 3. The predicted molar refractivity (Wildman–Crippen MR) is 124 cm³/mol. The molecule has 3 rings (SSSR count). The van der Waals surface area contributed by atoms with Crippen LogP contribution in [0.1, 0.15) is 36.7 Å². The molecular formula is C22H23Cl2N3O5S. The van der Waals surface area contributed by atoms with Crippen LogP contribution in [0.4, 0.5) is 0 Å². The first kappa shape index (κ1) is 25.0. The number of benzene rings is 2. The molecule has 8 nitrogen and oxygen atoms in total. The summed E-state index contributed by atoms with van der Waals surface area (Å²) in [6.45, 7) is 4.13. The zero-order valence-corrected chi connectivity index (χ0v) is 20.5. The molecule has 11 heteroatoms. The third kappa shape index (κ3) is 5.00. The highest BCUT2D eigenvalue weighted by Crippen LogP contribution is 2.31. The van der Waals surface area contributed by atoms with Gasteiger partial charge in [-0.3, -0.25) is 14.4 Å². The highest BCUT2D eigenvalue weighted by Gasteiger charge is 2.43. The van der Waals surface area contributed by atoms with Gasteiger partial charge >= 0.3 is 0 Å². The van der Waals surface area contributed by atoms with Crippen LogP contribution in [0.15, 0.2) is 47.4 Å². The SMILES string of the molecule is CC(C)NC(=O)C(C)N(Cc1c(Cl)cccc1Cl)C(=O)CN1C(=O)c2ccccc2S1(=O)=O. The number of nitrogens with one attached hydrogen (secondary N) is 1. The van der Waals surface area contributed by atoms with Crippen molar-refractivity contribution >= 4 is 50.9 Å². The number of fused-ring (bicyclic) bond motifs is 1. The molecule has 0 aromatic heterocycles. The van der Waals surface area contributed by atoms with Crippen molar-refractivity contribution < 1.29 is 22.8 Å². The second-order valence-electron chi connectivity index (χ2n) is 7.87. The molecule has 1 atom stereocenters. The monoisotopic (exact) mass is 511 g/mol. The minimum atomic E-state index is -4.19. The Kier molecular flexibility index (Phi) is 7.36. The zero-order valence-electron chi connectivity index (χ0n) is 18.2. The van der Waals surface area contributed by atoms with Crippen LogP contribution in [-0.2, 0) is 26.2 Å². The minimum Gasteiger partial charge on any atom is -0.352 e. The van der Waals surface area contributed by atoms with Gasteiger partial charge in [0.15, 0.2) is 0 Å². The Morgan fingerprint density at radius 1 is 1.03 bits per heavy atom. The Balaban J connectivity index is 1.94. The second kappa shape index (κ2) is 9.70. The van der Waals surface area contributed by atoms with E-state index in [-0.39, 0.29) is 33.1 Å². The summed E-state index contributed by atoms with van der Waals surface area (Å²) in [4.78, 5) is 39.8. The molecule has 1 aliphatic heterocycles. The maximum Gasteiger partial charge on any atom is 0.269 e. The first-order chi connectivity index (χ1) is 15.4. The molecule has 3 amide bonds. The summed E-state index contributed by atoms with van der Waals surface area (Å²) in [7, 11) is -4.19. The molecule has 0 spiro atoms. The van der Waals surface area contributed by atoms with Gasteiger partial charge in [0.25, 0.3) is 15.9 Å². The Morgan fingerprint density at radius 3 is 2.21 bits per heavy atom. The number of carbonyl (C=O) groups is 3. The van der Waals surface area contributed by atoms with Crippen LogP contribution < -0.4 is 5.32 Å². The van der Waals surface area contributed by atoms with E-state index in [2.05, 4.69) is 5.32 Å². The Labute approximate surface area is 202 Å². The molecule has 2 aromatic rings. The summed E-state index contributed by atoms with van der Waals surface area (Å²) in [6.07, 6.45) is 0. The van der Waals surface area contributed by atoms with Crippen LogP contribution in [0, 0.1) is 0 Å². The number of amides is 3. The van der Waals surface area contributed by atoms with E-state index in [1.54, 1.807) is 38.1 Å². The van der Waals surface area contributed by atoms with Crippen molar-refractivity contribution in [3.8, 4) is 0 Å². The average Bonchev–Trinajstić information content (AvgIpc) is 2.93. The van der Waals surface area contributed by atoms with Crippen molar-refractivity contribution in [3.63, 3.8) is 0 Å². The molecule has 0 fully saturated rings. The van der Waals surface area contributed by atoms with E-state index < -0.39 is 40.3 Å². The summed E-state index contributed by atoms with van der Waals surface area (Å²) in [6, 6.07) is 9.39. The Morgan fingerprint density at radius 2 is 1.64 bits per heavy atom. The lowest BCUT2D eigenvalue weighted by molar-refractivity contribution is -0.140. The Hall–Kier alpha value is -2.62. The van der Waals surface area contributed by atoms with Gasteiger partial charge in [0.2, 0.25) is 11.8 Å². The number of rotatable bonds is 7. The first-order valence-corrected chi connectivity index (χ1v) is 12.3. The van der Waals surface area contributed by atoms with Crippen molar-refractivity contribution in [2.75, 3.05) is 6.54 Å². The third-order valence-electron chi connectivity index (χ3n) is 5.18.